The molecular weight excluding hydrogens is 246 g/mol. The minimum absolute atomic E-state index is 0.225. The number of aromatic nitrogens is 2. The Balaban J connectivity index is 2.32. The first-order valence-electron chi connectivity index (χ1n) is 6.23. The topological polar surface area (TPSA) is 85.4 Å². The molecule has 0 saturated carbocycles. The Morgan fingerprint density at radius 2 is 2.16 bits per heavy atom. The number of nitrogens with one attached hydrogen (secondary N) is 1. The average molecular weight is 269 g/mol. The number of nitrogens with zero attached hydrogens (tertiary/aromatic N) is 3. The molecule has 0 atom stereocenters. The van der Waals surface area contributed by atoms with Gasteiger partial charge in [0.1, 0.15) is 5.69 Å². The van der Waals surface area contributed by atoms with Crippen molar-refractivity contribution in [2.75, 3.05) is 46.1 Å². The molecule has 0 spiro atoms. The number of carbonyl (C=O) groups is 1. The molecule has 1 aromatic rings. The van der Waals surface area contributed by atoms with E-state index >= 15 is 0 Å². The van der Waals surface area contributed by atoms with Gasteiger partial charge in [-0.05, 0) is 21.0 Å². The van der Waals surface area contributed by atoms with E-state index in [4.69, 9.17) is 10.5 Å². The molecule has 3 N–H and O–H groups in total. The maximum absolute atomic E-state index is 11.9. The standard InChI is InChI=1S/C12H23N5O2/c1-9-10(13)11(17(4)15-9)12(18)14-5-7-19-8-6-16(2)3/h5-8,13H2,1-4H3,(H,14,18). The lowest BCUT2D eigenvalue weighted by Gasteiger charge is -2.10. The van der Waals surface area contributed by atoms with Gasteiger partial charge in [0.05, 0.1) is 24.6 Å². The first-order chi connectivity index (χ1) is 8.93. The van der Waals surface area contributed by atoms with Crippen LogP contribution in [-0.4, -0.2) is 61.0 Å². The molecule has 19 heavy (non-hydrogen) atoms. The second-order valence-corrected chi connectivity index (χ2v) is 4.64. The van der Waals surface area contributed by atoms with Gasteiger partial charge in [0.15, 0.2) is 0 Å². The van der Waals surface area contributed by atoms with E-state index in [1.807, 2.05) is 19.0 Å². The van der Waals surface area contributed by atoms with Gasteiger partial charge < -0.3 is 20.7 Å². The number of nitrogens with two attached hydrogens (primary N) is 1. The first-order valence-corrected chi connectivity index (χ1v) is 6.23. The number of likely N-dealkylation sites (N-methyl/N-ethyl adjacent to an activating group) is 1. The minimum atomic E-state index is -0.225. The fourth-order valence-electron chi connectivity index (χ4n) is 1.61. The van der Waals surface area contributed by atoms with Gasteiger partial charge in [-0.3, -0.25) is 9.48 Å². The summed E-state index contributed by atoms with van der Waals surface area (Å²) >= 11 is 0. The number of anilines is 1. The van der Waals surface area contributed by atoms with E-state index in [-0.39, 0.29) is 5.91 Å². The highest BCUT2D eigenvalue weighted by Gasteiger charge is 2.17. The number of hydrogen-bond acceptors (Lipinski definition) is 5. The number of ether oxygens (including phenoxy) is 1. The summed E-state index contributed by atoms with van der Waals surface area (Å²) in [6, 6.07) is 0. The second-order valence-electron chi connectivity index (χ2n) is 4.64. The van der Waals surface area contributed by atoms with E-state index in [0.29, 0.717) is 36.8 Å². The molecule has 7 heteroatoms. The van der Waals surface area contributed by atoms with Crippen molar-refractivity contribution in [2.45, 2.75) is 6.92 Å². The van der Waals surface area contributed by atoms with Crippen molar-refractivity contribution in [3.63, 3.8) is 0 Å². The molecule has 0 bridgehead atoms. The van der Waals surface area contributed by atoms with Crippen molar-refractivity contribution < 1.29 is 9.53 Å². The molecule has 1 amide bonds. The van der Waals surface area contributed by atoms with Gasteiger partial charge in [-0.1, -0.05) is 0 Å². The SMILES string of the molecule is Cc1nn(C)c(C(=O)NCCOCCN(C)C)c1N. The van der Waals surface area contributed by atoms with Crippen molar-refractivity contribution in [2.24, 2.45) is 7.05 Å². The molecular formula is C12H23N5O2. The molecule has 0 fully saturated rings. The summed E-state index contributed by atoms with van der Waals surface area (Å²) in [6.07, 6.45) is 0. The third kappa shape index (κ3) is 4.53. The smallest absolute Gasteiger partial charge is 0.271 e. The van der Waals surface area contributed by atoms with Crippen LogP contribution >= 0.6 is 0 Å². The van der Waals surface area contributed by atoms with Crippen molar-refractivity contribution in [3.05, 3.63) is 11.4 Å². The molecule has 0 saturated heterocycles. The van der Waals surface area contributed by atoms with E-state index in [2.05, 4.69) is 10.4 Å². The normalized spacial score (nSPS) is 11.0. The highest BCUT2D eigenvalue weighted by molar-refractivity contribution is 5.97. The first kappa shape index (κ1) is 15.5. The molecule has 0 aliphatic heterocycles. The summed E-state index contributed by atoms with van der Waals surface area (Å²) in [7, 11) is 5.67. The van der Waals surface area contributed by atoms with Gasteiger partial charge in [-0.2, -0.15) is 5.10 Å². The maximum Gasteiger partial charge on any atom is 0.271 e. The zero-order chi connectivity index (χ0) is 14.4. The number of hydrogen-bond donors (Lipinski definition) is 2. The summed E-state index contributed by atoms with van der Waals surface area (Å²) in [4.78, 5) is 14.0. The summed E-state index contributed by atoms with van der Waals surface area (Å²) in [5.41, 5.74) is 7.29. The van der Waals surface area contributed by atoms with E-state index in [0.717, 1.165) is 6.54 Å². The van der Waals surface area contributed by atoms with Crippen molar-refractivity contribution >= 4 is 11.6 Å². The second kappa shape index (κ2) is 7.10. The van der Waals surface area contributed by atoms with Crippen LogP contribution in [0.1, 0.15) is 16.2 Å². The lowest BCUT2D eigenvalue weighted by atomic mass is 10.3. The Labute approximate surface area is 113 Å². The largest absolute Gasteiger partial charge is 0.395 e. The third-order valence-corrected chi connectivity index (χ3v) is 2.70. The van der Waals surface area contributed by atoms with Gasteiger partial charge in [-0.15, -0.1) is 0 Å². The molecule has 1 rings (SSSR count). The van der Waals surface area contributed by atoms with E-state index in [1.54, 1.807) is 14.0 Å². The van der Waals surface area contributed by atoms with Crippen LogP contribution in [0.15, 0.2) is 0 Å². The van der Waals surface area contributed by atoms with Crippen molar-refractivity contribution in [1.29, 1.82) is 0 Å². The number of nitrogen functional groups attached to an aromatic ring is 1. The monoisotopic (exact) mass is 269 g/mol. The molecule has 0 radical (unpaired) electrons. The Hall–Kier alpha value is -1.60. The molecule has 108 valence electrons. The highest BCUT2D eigenvalue weighted by atomic mass is 16.5. The van der Waals surface area contributed by atoms with Crippen LogP contribution in [0.25, 0.3) is 0 Å². The van der Waals surface area contributed by atoms with E-state index in [9.17, 15) is 4.79 Å². The lowest BCUT2D eigenvalue weighted by molar-refractivity contribution is 0.0892. The molecule has 0 unspecified atom stereocenters. The number of aryl methyl sites for hydroxylation is 2. The van der Waals surface area contributed by atoms with Crippen LogP contribution in [0.4, 0.5) is 5.69 Å². The average Bonchev–Trinajstić information content (AvgIpc) is 2.57. The van der Waals surface area contributed by atoms with Crippen LogP contribution in [-0.2, 0) is 11.8 Å². The maximum atomic E-state index is 11.9. The fourth-order valence-corrected chi connectivity index (χ4v) is 1.61. The summed E-state index contributed by atoms with van der Waals surface area (Å²) in [5, 5.41) is 6.87. The van der Waals surface area contributed by atoms with Crippen molar-refractivity contribution in [3.8, 4) is 0 Å². The quantitative estimate of drug-likeness (QED) is 0.659. The minimum Gasteiger partial charge on any atom is -0.395 e. The highest BCUT2D eigenvalue weighted by Crippen LogP contribution is 2.14. The molecule has 1 heterocycles. The zero-order valence-corrected chi connectivity index (χ0v) is 12.1. The predicted molar refractivity (Wildman–Crippen MR) is 74.1 cm³/mol. The number of carbonyl (C=O) groups excluding carboxylic acids is 1. The Kier molecular flexibility index (Phi) is 5.78. The van der Waals surface area contributed by atoms with Gasteiger partial charge in [0.25, 0.3) is 5.91 Å². The van der Waals surface area contributed by atoms with Crippen LogP contribution in [0.5, 0.6) is 0 Å². The Bertz CT molecular complexity index is 428. The Morgan fingerprint density at radius 3 is 2.68 bits per heavy atom. The molecule has 0 aromatic carbocycles. The summed E-state index contributed by atoms with van der Waals surface area (Å²) < 4.78 is 6.88. The fraction of sp³-hybridized carbons (Fsp3) is 0.667. The van der Waals surface area contributed by atoms with Gasteiger partial charge >= 0.3 is 0 Å². The van der Waals surface area contributed by atoms with Crippen LogP contribution < -0.4 is 11.1 Å². The van der Waals surface area contributed by atoms with Crippen LogP contribution in [0, 0.1) is 6.92 Å². The number of rotatable bonds is 7. The van der Waals surface area contributed by atoms with Gasteiger partial charge in [0.2, 0.25) is 0 Å². The molecule has 0 aliphatic rings. The summed E-state index contributed by atoms with van der Waals surface area (Å²) in [5.74, 6) is -0.225. The molecule has 1 aromatic heterocycles. The predicted octanol–water partition coefficient (Wildman–Crippen LogP) is -0.381. The zero-order valence-electron chi connectivity index (χ0n) is 12.1. The molecule has 0 aliphatic carbocycles. The van der Waals surface area contributed by atoms with Crippen LogP contribution in [0.3, 0.4) is 0 Å². The van der Waals surface area contributed by atoms with Gasteiger partial charge in [0, 0.05) is 20.1 Å². The van der Waals surface area contributed by atoms with E-state index in [1.165, 1.54) is 4.68 Å². The van der Waals surface area contributed by atoms with Gasteiger partial charge in [-0.25, -0.2) is 0 Å². The number of amides is 1. The lowest BCUT2D eigenvalue weighted by Crippen LogP contribution is -2.30. The molecule has 7 nitrogen and oxygen atoms in total. The van der Waals surface area contributed by atoms with Crippen LogP contribution in [0.2, 0.25) is 0 Å². The Morgan fingerprint density at radius 1 is 1.47 bits per heavy atom. The summed E-state index contributed by atoms with van der Waals surface area (Å²) in [6.45, 7) is 4.22. The third-order valence-electron chi connectivity index (χ3n) is 2.70. The van der Waals surface area contributed by atoms with E-state index < -0.39 is 0 Å². The van der Waals surface area contributed by atoms with Crippen molar-refractivity contribution in [1.82, 2.24) is 20.0 Å².